The highest BCUT2D eigenvalue weighted by Gasteiger charge is 2.34. The van der Waals surface area contributed by atoms with Crippen molar-refractivity contribution in [3.63, 3.8) is 0 Å². The number of carbonyl (C=O) groups is 1. The molecule has 0 radical (unpaired) electrons. The Kier molecular flexibility index (Phi) is 7.86. The summed E-state index contributed by atoms with van der Waals surface area (Å²) in [5.41, 5.74) is 3.66. The van der Waals surface area contributed by atoms with Crippen molar-refractivity contribution in [2.24, 2.45) is 4.99 Å². The van der Waals surface area contributed by atoms with Crippen LogP contribution in [0.5, 0.6) is 11.5 Å². The van der Waals surface area contributed by atoms with Crippen LogP contribution in [0.1, 0.15) is 22.5 Å². The zero-order valence-electron chi connectivity index (χ0n) is 20.9. The molecule has 0 spiro atoms. The van der Waals surface area contributed by atoms with Gasteiger partial charge in [-0.15, -0.1) is 0 Å². The standard InChI is InChI=1S/C30H25ClN2O4S/c1-20-8-6-9-21(14-20)19-37-28-25(31)15-22(16-26(28)35-2)17-27-29(34)33(18-24-12-7-13-36-24)30(38-27)32-23-10-4-3-5-11-23/h3-17H,18-19H2,1-2H3/b27-17-,32-30?. The molecule has 0 bridgehead atoms. The monoisotopic (exact) mass is 544 g/mol. The summed E-state index contributed by atoms with van der Waals surface area (Å²) in [4.78, 5) is 20.3. The summed E-state index contributed by atoms with van der Waals surface area (Å²) in [6.45, 7) is 2.67. The van der Waals surface area contributed by atoms with Crippen LogP contribution in [-0.2, 0) is 17.9 Å². The van der Waals surface area contributed by atoms with Gasteiger partial charge in [0.2, 0.25) is 0 Å². The lowest BCUT2D eigenvalue weighted by atomic mass is 10.1. The number of aryl methyl sites for hydroxylation is 1. The molecular formula is C30H25ClN2O4S. The Labute approximate surface area is 230 Å². The average Bonchev–Trinajstić information content (AvgIpc) is 3.53. The number of methoxy groups -OCH3 is 1. The first-order valence-corrected chi connectivity index (χ1v) is 13.1. The first kappa shape index (κ1) is 25.7. The minimum Gasteiger partial charge on any atom is -0.493 e. The lowest BCUT2D eigenvalue weighted by Crippen LogP contribution is -2.28. The highest BCUT2D eigenvalue weighted by atomic mass is 35.5. The third kappa shape index (κ3) is 5.96. The zero-order valence-corrected chi connectivity index (χ0v) is 22.5. The van der Waals surface area contributed by atoms with E-state index in [2.05, 4.69) is 6.07 Å². The maximum atomic E-state index is 13.5. The summed E-state index contributed by atoms with van der Waals surface area (Å²) in [5, 5.41) is 0.963. The topological polar surface area (TPSA) is 64.3 Å². The molecular weight excluding hydrogens is 520 g/mol. The molecule has 3 aromatic carbocycles. The molecule has 1 aliphatic rings. The predicted octanol–water partition coefficient (Wildman–Crippen LogP) is 7.63. The fourth-order valence-electron chi connectivity index (χ4n) is 3.97. The van der Waals surface area contributed by atoms with E-state index in [4.69, 9.17) is 30.5 Å². The van der Waals surface area contributed by atoms with Crippen LogP contribution in [0.25, 0.3) is 6.08 Å². The number of amidine groups is 1. The number of para-hydroxylation sites is 1. The molecule has 1 saturated heterocycles. The Bertz CT molecular complexity index is 1500. The van der Waals surface area contributed by atoms with Gasteiger partial charge in [0, 0.05) is 0 Å². The van der Waals surface area contributed by atoms with Gasteiger partial charge in [0.1, 0.15) is 12.4 Å². The molecule has 0 saturated carbocycles. The number of benzene rings is 3. The van der Waals surface area contributed by atoms with Crippen LogP contribution in [0.2, 0.25) is 5.02 Å². The predicted molar refractivity (Wildman–Crippen MR) is 152 cm³/mol. The smallest absolute Gasteiger partial charge is 0.267 e. The van der Waals surface area contributed by atoms with E-state index in [1.54, 1.807) is 36.5 Å². The lowest BCUT2D eigenvalue weighted by molar-refractivity contribution is -0.122. The van der Waals surface area contributed by atoms with Gasteiger partial charge in [-0.25, -0.2) is 4.99 Å². The van der Waals surface area contributed by atoms with Crippen molar-refractivity contribution in [3.8, 4) is 11.5 Å². The minimum absolute atomic E-state index is 0.170. The molecule has 1 aromatic heterocycles. The highest BCUT2D eigenvalue weighted by molar-refractivity contribution is 8.18. The molecule has 38 heavy (non-hydrogen) atoms. The van der Waals surface area contributed by atoms with E-state index in [0.717, 1.165) is 16.8 Å². The number of halogens is 1. The minimum atomic E-state index is -0.170. The summed E-state index contributed by atoms with van der Waals surface area (Å²) < 4.78 is 17.1. The number of rotatable bonds is 8. The van der Waals surface area contributed by atoms with Gasteiger partial charge in [0.25, 0.3) is 5.91 Å². The van der Waals surface area contributed by atoms with E-state index >= 15 is 0 Å². The molecule has 192 valence electrons. The Balaban J connectivity index is 1.43. The molecule has 0 N–H and O–H groups in total. The van der Waals surface area contributed by atoms with Crippen LogP contribution in [0.4, 0.5) is 5.69 Å². The largest absolute Gasteiger partial charge is 0.493 e. The number of nitrogens with zero attached hydrogens (tertiary/aromatic N) is 2. The van der Waals surface area contributed by atoms with Gasteiger partial charge in [-0.3, -0.25) is 9.69 Å². The normalized spacial score (nSPS) is 15.4. The fourth-order valence-corrected chi connectivity index (χ4v) is 5.25. The summed E-state index contributed by atoms with van der Waals surface area (Å²) in [6.07, 6.45) is 3.37. The van der Waals surface area contributed by atoms with E-state index in [9.17, 15) is 4.79 Å². The fraction of sp³-hybridized carbons (Fsp3) is 0.133. The van der Waals surface area contributed by atoms with Crippen molar-refractivity contribution < 1.29 is 18.7 Å². The maximum Gasteiger partial charge on any atom is 0.267 e. The van der Waals surface area contributed by atoms with Crippen molar-refractivity contribution in [1.82, 2.24) is 4.90 Å². The Hall–Kier alpha value is -3.94. The number of furan rings is 1. The number of ether oxygens (including phenoxy) is 2. The Morgan fingerprint density at radius 3 is 2.63 bits per heavy atom. The van der Waals surface area contributed by atoms with Crippen molar-refractivity contribution in [1.29, 1.82) is 0 Å². The third-order valence-corrected chi connectivity index (χ3v) is 7.07. The van der Waals surface area contributed by atoms with E-state index in [1.807, 2.05) is 67.6 Å². The Morgan fingerprint density at radius 2 is 1.89 bits per heavy atom. The summed E-state index contributed by atoms with van der Waals surface area (Å²) in [5.74, 6) is 1.43. The van der Waals surface area contributed by atoms with Gasteiger partial charge >= 0.3 is 0 Å². The molecule has 8 heteroatoms. The van der Waals surface area contributed by atoms with E-state index in [1.165, 1.54) is 11.8 Å². The van der Waals surface area contributed by atoms with Gasteiger partial charge in [0.15, 0.2) is 16.7 Å². The van der Waals surface area contributed by atoms with Crippen LogP contribution in [0, 0.1) is 6.92 Å². The maximum absolute atomic E-state index is 13.5. The molecule has 1 amide bonds. The van der Waals surface area contributed by atoms with E-state index in [-0.39, 0.29) is 12.5 Å². The molecule has 4 aromatic rings. The zero-order chi connectivity index (χ0) is 26.5. The second-order valence-electron chi connectivity index (χ2n) is 8.62. The van der Waals surface area contributed by atoms with Gasteiger partial charge < -0.3 is 13.9 Å². The number of amides is 1. The van der Waals surface area contributed by atoms with Crippen molar-refractivity contribution >= 4 is 46.2 Å². The van der Waals surface area contributed by atoms with Gasteiger partial charge in [-0.1, -0.05) is 59.6 Å². The van der Waals surface area contributed by atoms with Crippen LogP contribution in [-0.4, -0.2) is 23.1 Å². The molecule has 5 rings (SSSR count). The van der Waals surface area contributed by atoms with Crippen LogP contribution >= 0.6 is 23.4 Å². The molecule has 1 aliphatic heterocycles. The van der Waals surface area contributed by atoms with Crippen LogP contribution in [0.15, 0.2) is 99.4 Å². The second kappa shape index (κ2) is 11.6. The van der Waals surface area contributed by atoms with Gasteiger partial charge in [-0.05, 0) is 72.3 Å². The summed E-state index contributed by atoms with van der Waals surface area (Å²) >= 11 is 7.92. The number of thioether (sulfide) groups is 1. The lowest BCUT2D eigenvalue weighted by Gasteiger charge is -2.14. The molecule has 0 aliphatic carbocycles. The Morgan fingerprint density at radius 1 is 1.05 bits per heavy atom. The number of hydrogen-bond donors (Lipinski definition) is 0. The first-order chi connectivity index (χ1) is 18.5. The first-order valence-electron chi connectivity index (χ1n) is 11.9. The highest BCUT2D eigenvalue weighted by Crippen LogP contribution is 2.40. The molecule has 1 fully saturated rings. The number of aliphatic imine (C=N–C) groups is 1. The summed E-state index contributed by atoms with van der Waals surface area (Å²) in [6, 6.07) is 24.8. The van der Waals surface area contributed by atoms with Crippen LogP contribution < -0.4 is 9.47 Å². The van der Waals surface area contributed by atoms with Crippen molar-refractivity contribution in [2.45, 2.75) is 20.1 Å². The number of hydrogen-bond acceptors (Lipinski definition) is 6. The van der Waals surface area contributed by atoms with E-state index < -0.39 is 0 Å². The van der Waals surface area contributed by atoms with Gasteiger partial charge in [0.05, 0.1) is 35.5 Å². The van der Waals surface area contributed by atoms with Crippen molar-refractivity contribution in [2.75, 3.05) is 7.11 Å². The SMILES string of the molecule is COc1cc(/C=C2\SC(=Nc3ccccc3)N(Cc3ccco3)C2=O)cc(Cl)c1OCc1cccc(C)c1. The molecule has 0 unspecified atom stereocenters. The third-order valence-electron chi connectivity index (χ3n) is 5.78. The van der Waals surface area contributed by atoms with Crippen molar-refractivity contribution in [3.05, 3.63) is 118 Å². The molecule has 6 nitrogen and oxygen atoms in total. The molecule has 2 heterocycles. The second-order valence-corrected chi connectivity index (χ2v) is 10.0. The molecule has 0 atom stereocenters. The van der Waals surface area contributed by atoms with Gasteiger partial charge in [-0.2, -0.15) is 0 Å². The van der Waals surface area contributed by atoms with E-state index in [0.29, 0.717) is 44.5 Å². The summed E-state index contributed by atoms with van der Waals surface area (Å²) in [7, 11) is 1.56. The number of carbonyl (C=O) groups excluding carboxylic acids is 1. The average molecular weight is 545 g/mol. The quantitative estimate of drug-likeness (QED) is 0.213. The van der Waals surface area contributed by atoms with Crippen LogP contribution in [0.3, 0.4) is 0 Å².